The highest BCUT2D eigenvalue weighted by Gasteiger charge is 2.19. The van der Waals surface area contributed by atoms with Crippen LogP contribution in [0.4, 0.5) is 5.69 Å². The molecular weight excluding hydrogens is 438 g/mol. The van der Waals surface area contributed by atoms with Crippen molar-refractivity contribution in [2.45, 2.75) is 17.4 Å². The topological polar surface area (TPSA) is 108 Å². The molecule has 0 fully saturated rings. The van der Waals surface area contributed by atoms with E-state index < -0.39 is 16.1 Å². The Bertz CT molecular complexity index is 1350. The van der Waals surface area contributed by atoms with Gasteiger partial charge in [0.05, 0.1) is 18.2 Å². The lowest BCUT2D eigenvalue weighted by atomic mass is 10.1. The molecule has 33 heavy (non-hydrogen) atoms. The van der Waals surface area contributed by atoms with Crippen LogP contribution in [0.25, 0.3) is 10.9 Å². The lowest BCUT2D eigenvalue weighted by Crippen LogP contribution is -2.39. The van der Waals surface area contributed by atoms with E-state index in [1.54, 1.807) is 30.5 Å². The molecule has 1 aromatic heterocycles. The van der Waals surface area contributed by atoms with Gasteiger partial charge >= 0.3 is 0 Å². The maximum absolute atomic E-state index is 12.9. The molecule has 3 N–H and O–H groups in total. The van der Waals surface area contributed by atoms with E-state index in [-0.39, 0.29) is 17.4 Å². The predicted octanol–water partition coefficient (Wildman–Crippen LogP) is 3.37. The van der Waals surface area contributed by atoms with Gasteiger partial charge in [0.1, 0.15) is 4.90 Å². The van der Waals surface area contributed by atoms with Crippen LogP contribution in [-0.2, 0) is 16.4 Å². The number of hydrogen-bond acceptors (Lipinski definition) is 5. The summed E-state index contributed by atoms with van der Waals surface area (Å²) in [5, 5.41) is 13.2. The molecule has 0 saturated heterocycles. The minimum atomic E-state index is -3.88. The SMILES string of the molecule is O=C(N[C@H](CO)Cc1ccccc1)c1ccc(NS(=O)(=O)c2cccc3cccnc23)cc1. The van der Waals surface area contributed by atoms with Crippen LogP contribution in [0.1, 0.15) is 15.9 Å². The van der Waals surface area contributed by atoms with Crippen molar-refractivity contribution >= 4 is 32.5 Å². The van der Waals surface area contributed by atoms with Gasteiger partial charge in [-0.1, -0.05) is 48.5 Å². The molecule has 0 saturated carbocycles. The Hall–Kier alpha value is -3.75. The molecule has 168 valence electrons. The maximum Gasteiger partial charge on any atom is 0.264 e. The third-order valence-electron chi connectivity index (χ3n) is 5.17. The van der Waals surface area contributed by atoms with Crippen molar-refractivity contribution in [1.29, 1.82) is 0 Å². The summed E-state index contributed by atoms with van der Waals surface area (Å²) < 4.78 is 28.4. The normalized spacial score (nSPS) is 12.3. The Morgan fingerprint density at radius 3 is 2.36 bits per heavy atom. The highest BCUT2D eigenvalue weighted by Crippen LogP contribution is 2.23. The molecule has 0 aliphatic carbocycles. The summed E-state index contributed by atoms with van der Waals surface area (Å²) in [6.45, 7) is -0.197. The molecule has 0 aliphatic heterocycles. The average molecular weight is 462 g/mol. The lowest BCUT2D eigenvalue weighted by Gasteiger charge is -2.17. The molecule has 1 atom stereocenters. The molecule has 0 radical (unpaired) electrons. The Kier molecular flexibility index (Phi) is 6.67. The Morgan fingerprint density at radius 1 is 0.909 bits per heavy atom. The van der Waals surface area contributed by atoms with Gasteiger partial charge < -0.3 is 10.4 Å². The molecule has 3 aromatic carbocycles. The Balaban J connectivity index is 1.46. The fourth-order valence-electron chi connectivity index (χ4n) is 3.52. The van der Waals surface area contributed by atoms with Crippen molar-refractivity contribution in [2.75, 3.05) is 11.3 Å². The number of fused-ring (bicyclic) bond motifs is 1. The van der Waals surface area contributed by atoms with Gasteiger partial charge in [-0.3, -0.25) is 14.5 Å². The number of amides is 1. The summed E-state index contributed by atoms with van der Waals surface area (Å²) >= 11 is 0. The smallest absolute Gasteiger partial charge is 0.264 e. The van der Waals surface area contributed by atoms with Crippen molar-refractivity contribution in [3.63, 3.8) is 0 Å². The lowest BCUT2D eigenvalue weighted by molar-refractivity contribution is 0.0916. The number of rotatable bonds is 8. The number of aliphatic hydroxyl groups is 1. The second kappa shape index (κ2) is 9.81. The van der Waals surface area contributed by atoms with E-state index in [9.17, 15) is 18.3 Å². The van der Waals surface area contributed by atoms with Gasteiger partial charge in [0.25, 0.3) is 15.9 Å². The Morgan fingerprint density at radius 2 is 1.64 bits per heavy atom. The first-order valence-corrected chi connectivity index (χ1v) is 11.9. The number of hydrogen-bond donors (Lipinski definition) is 3. The van der Waals surface area contributed by atoms with Crippen LogP contribution in [-0.4, -0.2) is 37.1 Å². The van der Waals surface area contributed by atoms with Crippen molar-refractivity contribution < 1.29 is 18.3 Å². The van der Waals surface area contributed by atoms with Crippen LogP contribution in [0.2, 0.25) is 0 Å². The number of pyridine rings is 1. The highest BCUT2D eigenvalue weighted by atomic mass is 32.2. The van der Waals surface area contributed by atoms with E-state index in [0.29, 0.717) is 23.2 Å². The van der Waals surface area contributed by atoms with Gasteiger partial charge in [-0.25, -0.2) is 8.42 Å². The Labute approximate surface area is 192 Å². The van der Waals surface area contributed by atoms with Gasteiger partial charge in [0.2, 0.25) is 0 Å². The summed E-state index contributed by atoms with van der Waals surface area (Å²) in [6.07, 6.45) is 2.05. The van der Waals surface area contributed by atoms with Crippen molar-refractivity contribution in [2.24, 2.45) is 0 Å². The predicted molar refractivity (Wildman–Crippen MR) is 127 cm³/mol. The first-order valence-electron chi connectivity index (χ1n) is 10.4. The van der Waals surface area contributed by atoms with Crippen LogP contribution < -0.4 is 10.0 Å². The van der Waals surface area contributed by atoms with Gasteiger partial charge in [-0.15, -0.1) is 0 Å². The molecule has 0 aliphatic rings. The van der Waals surface area contributed by atoms with E-state index in [4.69, 9.17) is 0 Å². The van der Waals surface area contributed by atoms with Crippen LogP contribution >= 0.6 is 0 Å². The monoisotopic (exact) mass is 461 g/mol. The second-order valence-electron chi connectivity index (χ2n) is 7.56. The summed E-state index contributed by atoms with van der Waals surface area (Å²) in [5.74, 6) is -0.349. The van der Waals surface area contributed by atoms with Gasteiger partial charge in [0, 0.05) is 22.8 Å². The first-order chi connectivity index (χ1) is 16.0. The fourth-order valence-corrected chi connectivity index (χ4v) is 4.76. The minimum absolute atomic E-state index is 0.0779. The van der Waals surface area contributed by atoms with Crippen LogP contribution in [0, 0.1) is 0 Å². The molecule has 0 spiro atoms. The molecule has 0 unspecified atom stereocenters. The number of carbonyl (C=O) groups is 1. The number of benzene rings is 3. The highest BCUT2D eigenvalue weighted by molar-refractivity contribution is 7.93. The summed E-state index contributed by atoms with van der Waals surface area (Å²) in [5.41, 5.74) is 2.07. The van der Waals surface area contributed by atoms with Crippen molar-refractivity contribution in [1.82, 2.24) is 10.3 Å². The number of nitrogens with one attached hydrogen (secondary N) is 2. The third kappa shape index (κ3) is 5.36. The van der Waals surface area contributed by atoms with E-state index in [2.05, 4.69) is 15.0 Å². The van der Waals surface area contributed by atoms with Crippen LogP contribution in [0.15, 0.2) is 96.0 Å². The third-order valence-corrected chi connectivity index (χ3v) is 6.58. The summed E-state index contributed by atoms with van der Waals surface area (Å²) in [7, 11) is -3.88. The van der Waals surface area contributed by atoms with Gasteiger partial charge in [-0.2, -0.15) is 0 Å². The van der Waals surface area contributed by atoms with Crippen molar-refractivity contribution in [3.05, 3.63) is 102 Å². The number of aliphatic hydroxyl groups excluding tert-OH is 1. The molecular formula is C25H23N3O4S. The number of anilines is 1. The molecule has 4 rings (SSSR count). The second-order valence-corrected chi connectivity index (χ2v) is 9.21. The van der Waals surface area contributed by atoms with Crippen LogP contribution in [0.3, 0.4) is 0 Å². The number of sulfonamides is 1. The van der Waals surface area contributed by atoms with E-state index in [0.717, 1.165) is 10.9 Å². The largest absolute Gasteiger partial charge is 0.394 e. The van der Waals surface area contributed by atoms with E-state index in [1.165, 1.54) is 30.3 Å². The first kappa shape index (κ1) is 22.4. The molecule has 4 aromatic rings. The molecule has 1 amide bonds. The van der Waals surface area contributed by atoms with Crippen molar-refractivity contribution in [3.8, 4) is 0 Å². The van der Waals surface area contributed by atoms with E-state index >= 15 is 0 Å². The van der Waals surface area contributed by atoms with Gasteiger partial charge in [-0.05, 0) is 48.4 Å². The number of para-hydroxylation sites is 1. The zero-order valence-electron chi connectivity index (χ0n) is 17.7. The molecule has 1 heterocycles. The standard InChI is InChI=1S/C25H23N3O4S/c29-17-22(16-18-6-2-1-3-7-18)27-25(30)20-11-13-21(14-12-20)28-33(31,32)23-10-4-8-19-9-5-15-26-24(19)23/h1-15,22,28-29H,16-17H2,(H,27,30)/t22-/m0/s1. The zero-order valence-corrected chi connectivity index (χ0v) is 18.5. The summed E-state index contributed by atoms with van der Waals surface area (Å²) in [4.78, 5) is 16.9. The number of carbonyl (C=O) groups excluding carboxylic acids is 1. The zero-order chi connectivity index (χ0) is 23.3. The quantitative estimate of drug-likeness (QED) is 0.373. The minimum Gasteiger partial charge on any atom is -0.394 e. The maximum atomic E-state index is 12.9. The molecule has 8 heteroatoms. The number of aromatic nitrogens is 1. The average Bonchev–Trinajstić information content (AvgIpc) is 2.84. The molecule has 7 nitrogen and oxygen atoms in total. The van der Waals surface area contributed by atoms with Crippen LogP contribution in [0.5, 0.6) is 0 Å². The fraction of sp³-hybridized carbons (Fsp3) is 0.120. The number of nitrogens with zero attached hydrogens (tertiary/aromatic N) is 1. The van der Waals surface area contributed by atoms with E-state index in [1.807, 2.05) is 30.3 Å². The summed E-state index contributed by atoms with van der Waals surface area (Å²) in [6, 6.07) is 23.8. The molecule has 0 bridgehead atoms. The van der Waals surface area contributed by atoms with Gasteiger partial charge in [0.15, 0.2) is 0 Å².